The van der Waals surface area contributed by atoms with Crippen molar-refractivity contribution in [2.75, 3.05) is 13.7 Å². The predicted molar refractivity (Wildman–Crippen MR) is 96.3 cm³/mol. The van der Waals surface area contributed by atoms with Gasteiger partial charge in [0.1, 0.15) is 0 Å². The second-order valence-corrected chi connectivity index (χ2v) is 7.17. The summed E-state index contributed by atoms with van der Waals surface area (Å²) in [5, 5.41) is 12.0. The Bertz CT molecular complexity index is 612. The molecule has 0 spiro atoms. The number of carboxylic acids is 1. The normalized spacial score (nSPS) is 13.4. The summed E-state index contributed by atoms with van der Waals surface area (Å²) in [4.78, 5) is 23.7. The molecule has 0 heterocycles. The van der Waals surface area contributed by atoms with Crippen LogP contribution >= 0.6 is 0 Å². The van der Waals surface area contributed by atoms with Gasteiger partial charge >= 0.3 is 5.97 Å². The van der Waals surface area contributed by atoms with Crippen LogP contribution in [0, 0.1) is 11.8 Å². The molecule has 1 rings (SSSR count). The van der Waals surface area contributed by atoms with E-state index in [0.29, 0.717) is 29.6 Å². The molecule has 140 valence electrons. The van der Waals surface area contributed by atoms with Gasteiger partial charge in [0, 0.05) is 5.56 Å². The lowest BCUT2D eigenvalue weighted by molar-refractivity contribution is -0.138. The van der Waals surface area contributed by atoms with Gasteiger partial charge in [-0.15, -0.1) is 0 Å². The highest BCUT2D eigenvalue weighted by Crippen LogP contribution is 2.29. The van der Waals surface area contributed by atoms with Gasteiger partial charge in [-0.05, 0) is 37.0 Å². The smallest absolute Gasteiger partial charge is 0.305 e. The second kappa shape index (κ2) is 8.74. The number of amides is 1. The second-order valence-electron chi connectivity index (χ2n) is 7.17. The number of carbonyl (C=O) groups is 2. The average Bonchev–Trinajstić information content (AvgIpc) is 2.51. The molecule has 1 aromatic carbocycles. The zero-order valence-corrected chi connectivity index (χ0v) is 15.9. The lowest BCUT2D eigenvalue weighted by Crippen LogP contribution is -2.51. The summed E-state index contributed by atoms with van der Waals surface area (Å²) in [6.45, 7) is 10.1. The first-order valence-electron chi connectivity index (χ1n) is 8.44. The fourth-order valence-electron chi connectivity index (χ4n) is 2.22. The Hall–Kier alpha value is -2.24. The lowest BCUT2D eigenvalue weighted by atomic mass is 9.85. The molecule has 2 N–H and O–H groups in total. The summed E-state index contributed by atoms with van der Waals surface area (Å²) < 4.78 is 11.0. The van der Waals surface area contributed by atoms with E-state index in [1.165, 1.54) is 7.11 Å². The molecule has 1 aromatic rings. The number of benzene rings is 1. The van der Waals surface area contributed by atoms with E-state index in [0.717, 1.165) is 0 Å². The van der Waals surface area contributed by atoms with E-state index >= 15 is 0 Å². The topological polar surface area (TPSA) is 84.9 Å². The molecule has 0 radical (unpaired) electrons. The Morgan fingerprint density at radius 2 is 1.84 bits per heavy atom. The molecule has 6 heteroatoms. The van der Waals surface area contributed by atoms with Crippen LogP contribution in [0.5, 0.6) is 11.5 Å². The van der Waals surface area contributed by atoms with E-state index in [2.05, 4.69) is 5.32 Å². The third kappa shape index (κ3) is 5.96. The molecular formula is C19H29NO5. The number of hydrogen-bond acceptors (Lipinski definition) is 4. The highest BCUT2D eigenvalue weighted by atomic mass is 16.5. The summed E-state index contributed by atoms with van der Waals surface area (Å²) in [6, 6.07) is 4.95. The van der Waals surface area contributed by atoms with Crippen molar-refractivity contribution in [3.05, 3.63) is 23.8 Å². The zero-order chi connectivity index (χ0) is 19.2. The van der Waals surface area contributed by atoms with Crippen LogP contribution in [0.2, 0.25) is 0 Å². The minimum Gasteiger partial charge on any atom is -0.493 e. The SMILES string of the molecule is COc1cc(C(=O)NC(C)(CC(=O)O)C(C)C)ccc1OCC(C)C. The summed E-state index contributed by atoms with van der Waals surface area (Å²) in [7, 11) is 1.52. The molecule has 0 saturated heterocycles. The molecule has 1 atom stereocenters. The average molecular weight is 351 g/mol. The summed E-state index contributed by atoms with van der Waals surface area (Å²) in [6.07, 6.45) is -0.150. The van der Waals surface area contributed by atoms with Gasteiger partial charge in [-0.1, -0.05) is 27.7 Å². The molecule has 6 nitrogen and oxygen atoms in total. The number of nitrogens with one attached hydrogen (secondary N) is 1. The van der Waals surface area contributed by atoms with Crippen molar-refractivity contribution in [2.24, 2.45) is 11.8 Å². The highest BCUT2D eigenvalue weighted by molar-refractivity contribution is 5.95. The fourth-order valence-corrected chi connectivity index (χ4v) is 2.22. The third-order valence-electron chi connectivity index (χ3n) is 4.19. The lowest BCUT2D eigenvalue weighted by Gasteiger charge is -2.33. The Morgan fingerprint density at radius 1 is 1.20 bits per heavy atom. The Balaban J connectivity index is 2.99. The summed E-state index contributed by atoms with van der Waals surface area (Å²) in [5.41, 5.74) is -0.450. The molecule has 1 amide bonds. The number of ether oxygens (including phenoxy) is 2. The van der Waals surface area contributed by atoms with E-state index in [9.17, 15) is 9.59 Å². The van der Waals surface area contributed by atoms with Crippen molar-refractivity contribution in [1.29, 1.82) is 0 Å². The van der Waals surface area contributed by atoms with Crippen molar-refractivity contribution in [2.45, 2.75) is 46.6 Å². The van der Waals surface area contributed by atoms with Crippen LogP contribution in [0.25, 0.3) is 0 Å². The Kier molecular flexibility index (Phi) is 7.27. The van der Waals surface area contributed by atoms with E-state index < -0.39 is 11.5 Å². The van der Waals surface area contributed by atoms with Crippen LogP contribution in [-0.4, -0.2) is 36.2 Å². The van der Waals surface area contributed by atoms with Crippen LogP contribution in [0.4, 0.5) is 0 Å². The number of carboxylic acid groups (broad SMARTS) is 1. The van der Waals surface area contributed by atoms with Crippen LogP contribution < -0.4 is 14.8 Å². The highest BCUT2D eigenvalue weighted by Gasteiger charge is 2.33. The van der Waals surface area contributed by atoms with Crippen LogP contribution in [0.1, 0.15) is 51.4 Å². The molecular weight excluding hydrogens is 322 g/mol. The third-order valence-corrected chi connectivity index (χ3v) is 4.19. The Morgan fingerprint density at radius 3 is 2.32 bits per heavy atom. The maximum absolute atomic E-state index is 12.6. The van der Waals surface area contributed by atoms with Crippen LogP contribution in [0.3, 0.4) is 0 Å². The van der Waals surface area contributed by atoms with E-state index in [1.807, 2.05) is 27.7 Å². The predicted octanol–water partition coefficient (Wildman–Crippen LogP) is 3.35. The molecule has 0 bridgehead atoms. The van der Waals surface area contributed by atoms with Crippen molar-refractivity contribution in [3.8, 4) is 11.5 Å². The minimum atomic E-state index is -0.952. The molecule has 0 aliphatic carbocycles. The fraction of sp³-hybridized carbons (Fsp3) is 0.579. The van der Waals surface area contributed by atoms with E-state index in [1.54, 1.807) is 25.1 Å². The van der Waals surface area contributed by atoms with Crippen molar-refractivity contribution < 1.29 is 24.2 Å². The monoisotopic (exact) mass is 351 g/mol. The number of rotatable bonds is 9. The van der Waals surface area contributed by atoms with E-state index in [4.69, 9.17) is 14.6 Å². The number of aliphatic carboxylic acids is 1. The standard InChI is InChI=1S/C19H29NO5/c1-12(2)11-25-15-8-7-14(9-16(15)24-6)18(23)20-19(5,13(3)4)10-17(21)22/h7-9,12-13H,10-11H2,1-6H3,(H,20,23)(H,21,22). The first-order chi connectivity index (χ1) is 11.6. The minimum absolute atomic E-state index is 0.0388. The number of methoxy groups -OCH3 is 1. The molecule has 0 aromatic heterocycles. The quantitative estimate of drug-likeness (QED) is 0.713. The first-order valence-corrected chi connectivity index (χ1v) is 8.44. The van der Waals surface area contributed by atoms with Gasteiger partial charge in [-0.2, -0.15) is 0 Å². The molecule has 0 fully saturated rings. The number of carbonyl (C=O) groups excluding carboxylic acids is 1. The van der Waals surface area contributed by atoms with Crippen LogP contribution in [-0.2, 0) is 4.79 Å². The van der Waals surface area contributed by atoms with E-state index in [-0.39, 0.29) is 18.2 Å². The zero-order valence-electron chi connectivity index (χ0n) is 15.9. The maximum Gasteiger partial charge on any atom is 0.305 e. The molecule has 1 unspecified atom stereocenters. The molecule has 0 saturated carbocycles. The van der Waals surface area contributed by atoms with Gasteiger partial charge in [0.25, 0.3) is 5.91 Å². The van der Waals surface area contributed by atoms with Crippen LogP contribution in [0.15, 0.2) is 18.2 Å². The Labute approximate surface area is 149 Å². The van der Waals surface area contributed by atoms with Gasteiger partial charge in [-0.3, -0.25) is 9.59 Å². The van der Waals surface area contributed by atoms with Gasteiger partial charge in [0.15, 0.2) is 11.5 Å². The van der Waals surface area contributed by atoms with Gasteiger partial charge < -0.3 is 19.9 Å². The molecule has 0 aliphatic rings. The van der Waals surface area contributed by atoms with Gasteiger partial charge in [-0.25, -0.2) is 0 Å². The van der Waals surface area contributed by atoms with Gasteiger partial charge in [0.05, 0.1) is 25.7 Å². The van der Waals surface area contributed by atoms with Gasteiger partial charge in [0.2, 0.25) is 0 Å². The number of hydrogen-bond donors (Lipinski definition) is 2. The first kappa shape index (κ1) is 20.8. The van der Waals surface area contributed by atoms with Crippen molar-refractivity contribution in [3.63, 3.8) is 0 Å². The molecule has 0 aliphatic heterocycles. The summed E-state index contributed by atoms with van der Waals surface area (Å²) in [5.74, 6) is 0.0823. The maximum atomic E-state index is 12.6. The summed E-state index contributed by atoms with van der Waals surface area (Å²) >= 11 is 0. The largest absolute Gasteiger partial charge is 0.493 e. The molecule has 25 heavy (non-hydrogen) atoms. The van der Waals surface area contributed by atoms with Crippen molar-refractivity contribution in [1.82, 2.24) is 5.32 Å². The van der Waals surface area contributed by atoms with Crippen molar-refractivity contribution >= 4 is 11.9 Å².